The Kier molecular flexibility index (Phi) is 6.57. The summed E-state index contributed by atoms with van der Waals surface area (Å²) in [7, 11) is -4.27. The van der Waals surface area contributed by atoms with Gasteiger partial charge in [-0.2, -0.15) is 8.42 Å². The lowest BCUT2D eigenvalue weighted by atomic mass is 10.2. The average Bonchev–Trinajstić information content (AvgIpc) is 2.39. The molecule has 0 aliphatic carbocycles. The summed E-state index contributed by atoms with van der Waals surface area (Å²) in [6.07, 6.45) is 1.14. The minimum absolute atomic E-state index is 0.433. The van der Waals surface area contributed by atoms with Crippen LogP contribution in [0.2, 0.25) is 0 Å². The van der Waals surface area contributed by atoms with Gasteiger partial charge in [-0.3, -0.25) is 4.55 Å². The van der Waals surface area contributed by atoms with Crippen LogP contribution in [0.1, 0.15) is 12.5 Å². The molecule has 2 aromatic carbocycles. The smallest absolute Gasteiger partial charge is 0.282 e. The molecule has 0 unspecified atom stereocenters. The predicted octanol–water partition coefficient (Wildman–Crippen LogP) is 3.93. The molecular formula is C14H14FIO3S. The van der Waals surface area contributed by atoms with Gasteiger partial charge in [0.15, 0.2) is 0 Å². The highest BCUT2D eigenvalue weighted by molar-refractivity contribution is 14.1. The summed E-state index contributed by atoms with van der Waals surface area (Å²) in [6, 6.07) is 12.8. The molecule has 0 spiro atoms. The fourth-order valence-corrected chi connectivity index (χ4v) is 2.22. The van der Waals surface area contributed by atoms with Crippen LogP contribution >= 0.6 is 22.6 Å². The van der Waals surface area contributed by atoms with Gasteiger partial charge in [0.1, 0.15) is 5.82 Å². The van der Waals surface area contributed by atoms with E-state index in [0.29, 0.717) is 0 Å². The first kappa shape index (κ1) is 17.1. The Morgan fingerprint density at radius 2 is 1.75 bits per heavy atom. The summed E-state index contributed by atoms with van der Waals surface area (Å²) in [5.74, 6) is -0.694. The Balaban J connectivity index is 0.000000204. The maximum absolute atomic E-state index is 12.3. The van der Waals surface area contributed by atoms with E-state index < -0.39 is 20.8 Å². The number of aryl methyl sites for hydroxylation is 1. The van der Waals surface area contributed by atoms with Gasteiger partial charge < -0.3 is 0 Å². The summed E-state index contributed by atoms with van der Waals surface area (Å²) in [5, 5.41) is 0. The van der Waals surface area contributed by atoms with E-state index in [2.05, 4.69) is 53.8 Å². The molecule has 3 nitrogen and oxygen atoms in total. The first-order valence-electron chi connectivity index (χ1n) is 5.80. The van der Waals surface area contributed by atoms with E-state index in [1.807, 2.05) is 0 Å². The van der Waals surface area contributed by atoms with Crippen LogP contribution in [0.25, 0.3) is 0 Å². The van der Waals surface area contributed by atoms with Crippen molar-refractivity contribution in [2.24, 2.45) is 0 Å². The topological polar surface area (TPSA) is 54.4 Å². The van der Waals surface area contributed by atoms with Gasteiger partial charge in [0.05, 0.1) is 4.90 Å². The van der Waals surface area contributed by atoms with E-state index in [1.54, 1.807) is 0 Å². The van der Waals surface area contributed by atoms with Gasteiger partial charge in [0.25, 0.3) is 10.1 Å². The van der Waals surface area contributed by atoms with E-state index in [1.165, 1.54) is 15.2 Å². The van der Waals surface area contributed by atoms with Gasteiger partial charge in [-0.25, -0.2) is 4.39 Å². The second-order valence-electron chi connectivity index (χ2n) is 3.91. The van der Waals surface area contributed by atoms with Crippen LogP contribution in [0.4, 0.5) is 4.39 Å². The Morgan fingerprint density at radius 3 is 2.15 bits per heavy atom. The highest BCUT2D eigenvalue weighted by atomic mass is 127. The van der Waals surface area contributed by atoms with E-state index in [9.17, 15) is 12.8 Å². The van der Waals surface area contributed by atoms with Crippen molar-refractivity contribution >= 4 is 32.7 Å². The summed E-state index contributed by atoms with van der Waals surface area (Å²) in [5.41, 5.74) is 1.41. The summed E-state index contributed by atoms with van der Waals surface area (Å²) in [6.45, 7) is 2.17. The molecule has 6 heteroatoms. The lowest BCUT2D eigenvalue weighted by Crippen LogP contribution is -1.97. The zero-order chi connectivity index (χ0) is 15.2. The van der Waals surface area contributed by atoms with Gasteiger partial charge in [-0.05, 0) is 64.9 Å². The second kappa shape index (κ2) is 7.70. The van der Waals surface area contributed by atoms with Crippen molar-refractivity contribution in [3.8, 4) is 0 Å². The number of benzene rings is 2. The molecule has 20 heavy (non-hydrogen) atoms. The quantitative estimate of drug-likeness (QED) is 0.606. The summed E-state index contributed by atoms with van der Waals surface area (Å²) in [4.78, 5) is -0.433. The SMILES string of the molecule is CCc1ccc(I)cc1.O=S(=O)(O)c1cccc(F)c1. The molecule has 0 atom stereocenters. The van der Waals surface area contributed by atoms with Gasteiger partial charge >= 0.3 is 0 Å². The third-order valence-electron chi connectivity index (χ3n) is 2.42. The van der Waals surface area contributed by atoms with E-state index in [0.717, 1.165) is 24.6 Å². The Bertz CT molecular complexity index is 654. The largest absolute Gasteiger partial charge is 0.294 e. The van der Waals surface area contributed by atoms with Crippen LogP contribution in [-0.2, 0) is 16.5 Å². The molecule has 0 amide bonds. The first-order valence-corrected chi connectivity index (χ1v) is 8.32. The molecule has 1 N–H and O–H groups in total. The van der Waals surface area contributed by atoms with Crippen LogP contribution in [0.5, 0.6) is 0 Å². The highest BCUT2D eigenvalue weighted by Gasteiger charge is 2.08. The minimum Gasteiger partial charge on any atom is -0.282 e. The van der Waals surface area contributed by atoms with Crippen LogP contribution < -0.4 is 0 Å². The van der Waals surface area contributed by atoms with Crippen LogP contribution in [-0.4, -0.2) is 13.0 Å². The fourth-order valence-electron chi connectivity index (χ4n) is 1.35. The molecule has 0 saturated carbocycles. The van der Waals surface area contributed by atoms with Crippen molar-refractivity contribution in [1.82, 2.24) is 0 Å². The van der Waals surface area contributed by atoms with Gasteiger partial charge in [0, 0.05) is 3.57 Å². The molecular weight excluding hydrogens is 394 g/mol. The van der Waals surface area contributed by atoms with Gasteiger partial charge in [-0.1, -0.05) is 25.1 Å². The second-order valence-corrected chi connectivity index (χ2v) is 6.58. The zero-order valence-electron chi connectivity index (χ0n) is 10.8. The molecule has 0 heterocycles. The monoisotopic (exact) mass is 408 g/mol. The van der Waals surface area contributed by atoms with E-state index >= 15 is 0 Å². The molecule has 0 aliphatic heterocycles. The zero-order valence-corrected chi connectivity index (χ0v) is 13.7. The molecule has 0 saturated heterocycles. The van der Waals surface area contributed by atoms with Crippen molar-refractivity contribution in [3.05, 3.63) is 63.5 Å². The standard InChI is InChI=1S/C8H9I.C6H5FO3S/c1-2-7-3-5-8(9)6-4-7;7-5-2-1-3-6(4-5)11(8,9)10/h3-6H,2H2,1H3;1-4H,(H,8,9,10). The molecule has 0 aromatic heterocycles. The van der Waals surface area contributed by atoms with Crippen molar-refractivity contribution in [2.45, 2.75) is 18.2 Å². The maximum Gasteiger partial charge on any atom is 0.294 e. The molecule has 2 rings (SSSR count). The van der Waals surface area contributed by atoms with Crippen molar-refractivity contribution < 1.29 is 17.4 Å². The minimum atomic E-state index is -4.27. The Labute approximate surface area is 131 Å². The molecule has 0 fully saturated rings. The molecule has 0 aliphatic rings. The third-order valence-corrected chi connectivity index (χ3v) is 3.98. The Morgan fingerprint density at radius 1 is 1.15 bits per heavy atom. The normalized spacial score (nSPS) is 10.6. The van der Waals surface area contributed by atoms with Crippen molar-refractivity contribution in [1.29, 1.82) is 0 Å². The Hall–Kier alpha value is -0.990. The first-order chi connectivity index (χ1) is 9.32. The third kappa shape index (κ3) is 5.98. The van der Waals surface area contributed by atoms with Crippen LogP contribution in [0, 0.1) is 9.39 Å². The van der Waals surface area contributed by atoms with Crippen molar-refractivity contribution in [3.63, 3.8) is 0 Å². The molecule has 0 radical (unpaired) electrons. The number of hydrogen-bond acceptors (Lipinski definition) is 2. The van der Waals surface area contributed by atoms with E-state index in [-0.39, 0.29) is 0 Å². The predicted molar refractivity (Wildman–Crippen MR) is 84.8 cm³/mol. The number of halogens is 2. The van der Waals surface area contributed by atoms with Gasteiger partial charge in [0.2, 0.25) is 0 Å². The number of hydrogen-bond donors (Lipinski definition) is 1. The van der Waals surface area contributed by atoms with E-state index in [4.69, 9.17) is 4.55 Å². The maximum atomic E-state index is 12.3. The highest BCUT2D eigenvalue weighted by Crippen LogP contribution is 2.09. The average molecular weight is 408 g/mol. The van der Waals surface area contributed by atoms with Crippen LogP contribution in [0.3, 0.4) is 0 Å². The lowest BCUT2D eigenvalue weighted by Gasteiger charge is -1.94. The van der Waals surface area contributed by atoms with Crippen molar-refractivity contribution in [2.75, 3.05) is 0 Å². The lowest BCUT2D eigenvalue weighted by molar-refractivity contribution is 0.482. The fraction of sp³-hybridized carbons (Fsp3) is 0.143. The summed E-state index contributed by atoms with van der Waals surface area (Å²) < 4.78 is 42.8. The summed E-state index contributed by atoms with van der Waals surface area (Å²) >= 11 is 2.31. The molecule has 2 aromatic rings. The molecule has 0 bridgehead atoms. The number of rotatable bonds is 2. The molecule has 108 valence electrons. The van der Waals surface area contributed by atoms with Crippen LogP contribution in [0.15, 0.2) is 53.4 Å². The van der Waals surface area contributed by atoms with Gasteiger partial charge in [-0.15, -0.1) is 0 Å².